The number of nitrogens with two attached hydrogens (primary N) is 1. The minimum atomic E-state index is 0.577. The molecule has 74 valence electrons. The lowest BCUT2D eigenvalue weighted by atomic mass is 10.2. The molecule has 0 atom stereocenters. The Labute approximate surface area is 86.7 Å². The van der Waals surface area contributed by atoms with E-state index in [0.29, 0.717) is 11.6 Å². The summed E-state index contributed by atoms with van der Waals surface area (Å²) in [4.78, 5) is 4.28. The Kier molecular flexibility index (Phi) is 2.39. The molecule has 0 bridgehead atoms. The summed E-state index contributed by atoms with van der Waals surface area (Å²) in [6.07, 6.45) is 4.24. The van der Waals surface area contributed by atoms with Crippen LogP contribution in [0.15, 0.2) is 12.4 Å². The molecule has 4 nitrogen and oxygen atoms in total. The molecule has 2 aromatic heterocycles. The van der Waals surface area contributed by atoms with Crippen LogP contribution in [-0.4, -0.2) is 21.3 Å². The highest BCUT2D eigenvalue weighted by Crippen LogP contribution is 2.24. The van der Waals surface area contributed by atoms with Crippen LogP contribution in [0.1, 0.15) is 5.56 Å². The van der Waals surface area contributed by atoms with Crippen LogP contribution in [0.5, 0.6) is 0 Å². The minimum Gasteiger partial charge on any atom is -0.330 e. The highest BCUT2D eigenvalue weighted by atomic mass is 35.5. The quantitative estimate of drug-likeness (QED) is 0.808. The molecule has 0 aromatic carbocycles. The van der Waals surface area contributed by atoms with Gasteiger partial charge >= 0.3 is 0 Å². The number of halogens is 1. The predicted octanol–water partition coefficient (Wildman–Crippen LogP) is 1.12. The van der Waals surface area contributed by atoms with E-state index in [2.05, 4.69) is 10.1 Å². The average molecular weight is 211 g/mol. The van der Waals surface area contributed by atoms with E-state index in [9.17, 15) is 0 Å². The summed E-state index contributed by atoms with van der Waals surface area (Å²) in [5.74, 6) is 0. The van der Waals surface area contributed by atoms with Crippen LogP contribution in [0.25, 0.3) is 11.0 Å². The van der Waals surface area contributed by atoms with E-state index < -0.39 is 0 Å². The van der Waals surface area contributed by atoms with Gasteiger partial charge in [-0.15, -0.1) is 0 Å². The highest BCUT2D eigenvalue weighted by Gasteiger charge is 2.08. The first kappa shape index (κ1) is 9.43. The van der Waals surface area contributed by atoms with E-state index in [-0.39, 0.29) is 0 Å². The first-order valence-corrected chi connectivity index (χ1v) is 4.77. The molecule has 0 fully saturated rings. The van der Waals surface area contributed by atoms with Gasteiger partial charge in [0.2, 0.25) is 0 Å². The molecule has 2 N–H and O–H groups in total. The lowest BCUT2D eigenvalue weighted by Gasteiger charge is -2.02. The highest BCUT2D eigenvalue weighted by molar-refractivity contribution is 6.35. The van der Waals surface area contributed by atoms with Gasteiger partial charge in [0.05, 0.1) is 16.6 Å². The van der Waals surface area contributed by atoms with Gasteiger partial charge in [-0.1, -0.05) is 11.6 Å². The Morgan fingerprint density at radius 2 is 2.29 bits per heavy atom. The summed E-state index contributed by atoms with van der Waals surface area (Å²) in [5, 5.41) is 5.70. The Morgan fingerprint density at radius 3 is 3.00 bits per heavy atom. The van der Waals surface area contributed by atoms with Crippen molar-refractivity contribution in [2.75, 3.05) is 6.54 Å². The third-order valence-electron chi connectivity index (χ3n) is 2.18. The summed E-state index contributed by atoms with van der Waals surface area (Å²) in [6.45, 7) is 0.577. The molecular weight excluding hydrogens is 200 g/mol. The van der Waals surface area contributed by atoms with Crippen LogP contribution in [0.4, 0.5) is 0 Å². The van der Waals surface area contributed by atoms with E-state index in [0.717, 1.165) is 23.0 Å². The molecule has 2 heterocycles. The van der Waals surface area contributed by atoms with Crippen molar-refractivity contribution < 1.29 is 0 Å². The molecule has 0 saturated carbocycles. The van der Waals surface area contributed by atoms with Gasteiger partial charge in [-0.2, -0.15) is 5.10 Å². The number of aromatic nitrogens is 3. The maximum atomic E-state index is 6.18. The van der Waals surface area contributed by atoms with E-state index in [1.54, 1.807) is 17.1 Å². The van der Waals surface area contributed by atoms with Crippen LogP contribution in [0.3, 0.4) is 0 Å². The molecule has 0 radical (unpaired) electrons. The zero-order chi connectivity index (χ0) is 10.1. The molecule has 0 unspecified atom stereocenters. The second-order valence-corrected chi connectivity index (χ2v) is 3.52. The zero-order valence-electron chi connectivity index (χ0n) is 7.87. The molecular formula is C9H11ClN4. The third-order valence-corrected chi connectivity index (χ3v) is 2.63. The van der Waals surface area contributed by atoms with Gasteiger partial charge in [0.1, 0.15) is 0 Å². The molecule has 5 heteroatoms. The Hall–Kier alpha value is -1.13. The molecule has 0 aliphatic carbocycles. The van der Waals surface area contributed by atoms with E-state index in [1.165, 1.54) is 0 Å². The van der Waals surface area contributed by atoms with Crippen LogP contribution in [0.2, 0.25) is 5.02 Å². The van der Waals surface area contributed by atoms with Crippen LogP contribution in [0, 0.1) is 0 Å². The fraction of sp³-hybridized carbons (Fsp3) is 0.333. The van der Waals surface area contributed by atoms with Crippen molar-refractivity contribution in [2.45, 2.75) is 6.42 Å². The smallest absolute Gasteiger partial charge is 0.158 e. The van der Waals surface area contributed by atoms with E-state index in [4.69, 9.17) is 17.3 Å². The number of nitrogens with zero attached hydrogens (tertiary/aromatic N) is 3. The van der Waals surface area contributed by atoms with Gasteiger partial charge < -0.3 is 5.73 Å². The lowest BCUT2D eigenvalue weighted by Crippen LogP contribution is -2.04. The van der Waals surface area contributed by atoms with Gasteiger partial charge in [0.15, 0.2) is 5.65 Å². The second kappa shape index (κ2) is 3.55. The molecule has 2 aromatic rings. The number of fused-ring (bicyclic) bond motifs is 1. The van der Waals surface area contributed by atoms with Gasteiger partial charge in [-0.05, 0) is 18.5 Å². The van der Waals surface area contributed by atoms with E-state index in [1.807, 2.05) is 7.05 Å². The Bertz CT molecular complexity index is 463. The topological polar surface area (TPSA) is 56.7 Å². The number of aryl methyl sites for hydroxylation is 1. The van der Waals surface area contributed by atoms with Crippen LogP contribution >= 0.6 is 11.6 Å². The molecule has 0 saturated heterocycles. The second-order valence-electron chi connectivity index (χ2n) is 3.14. The molecule has 2 rings (SSSR count). The summed E-state index contributed by atoms with van der Waals surface area (Å²) < 4.78 is 1.70. The summed E-state index contributed by atoms with van der Waals surface area (Å²) in [7, 11) is 1.84. The maximum absolute atomic E-state index is 6.18. The Balaban J connectivity index is 2.63. The van der Waals surface area contributed by atoms with E-state index >= 15 is 0 Å². The average Bonchev–Trinajstić information content (AvgIpc) is 2.54. The molecule has 0 aliphatic rings. The first-order chi connectivity index (χ1) is 6.74. The lowest BCUT2D eigenvalue weighted by molar-refractivity contribution is 0.786. The van der Waals surface area contributed by atoms with Gasteiger partial charge in [0.25, 0.3) is 0 Å². The fourth-order valence-corrected chi connectivity index (χ4v) is 1.71. The molecule has 0 aliphatic heterocycles. The van der Waals surface area contributed by atoms with Gasteiger partial charge in [0, 0.05) is 13.2 Å². The molecule has 0 amide bonds. The zero-order valence-corrected chi connectivity index (χ0v) is 8.62. The SMILES string of the molecule is Cn1ncc2c(Cl)c(CCN)cnc21. The van der Waals surface area contributed by atoms with Crippen molar-refractivity contribution in [3.63, 3.8) is 0 Å². The Morgan fingerprint density at radius 1 is 1.50 bits per heavy atom. The fourth-order valence-electron chi connectivity index (χ4n) is 1.44. The number of hydrogen-bond acceptors (Lipinski definition) is 3. The van der Waals surface area contributed by atoms with Gasteiger partial charge in [-0.25, -0.2) is 4.98 Å². The first-order valence-electron chi connectivity index (χ1n) is 4.39. The maximum Gasteiger partial charge on any atom is 0.158 e. The van der Waals surface area contributed by atoms with Crippen molar-refractivity contribution >= 4 is 22.6 Å². The van der Waals surface area contributed by atoms with Crippen LogP contribution < -0.4 is 5.73 Å². The predicted molar refractivity (Wildman–Crippen MR) is 56.3 cm³/mol. The van der Waals surface area contributed by atoms with Crippen molar-refractivity contribution in [2.24, 2.45) is 12.8 Å². The number of hydrogen-bond donors (Lipinski definition) is 1. The largest absolute Gasteiger partial charge is 0.330 e. The summed E-state index contributed by atoms with van der Waals surface area (Å²) >= 11 is 6.18. The monoisotopic (exact) mass is 210 g/mol. The summed E-state index contributed by atoms with van der Waals surface area (Å²) in [5.41, 5.74) is 7.25. The van der Waals surface area contributed by atoms with Crippen molar-refractivity contribution in [1.82, 2.24) is 14.8 Å². The van der Waals surface area contributed by atoms with Crippen molar-refractivity contribution in [3.8, 4) is 0 Å². The normalized spacial score (nSPS) is 11.1. The van der Waals surface area contributed by atoms with Crippen LogP contribution in [-0.2, 0) is 13.5 Å². The van der Waals surface area contributed by atoms with Crippen molar-refractivity contribution in [1.29, 1.82) is 0 Å². The van der Waals surface area contributed by atoms with Gasteiger partial charge in [-0.3, -0.25) is 4.68 Å². The number of rotatable bonds is 2. The molecule has 14 heavy (non-hydrogen) atoms. The summed E-state index contributed by atoms with van der Waals surface area (Å²) in [6, 6.07) is 0. The molecule has 0 spiro atoms. The minimum absolute atomic E-state index is 0.577. The number of pyridine rings is 1. The standard InChI is InChI=1S/C9H11ClN4/c1-14-9-7(5-13-14)8(10)6(2-3-11)4-12-9/h4-5H,2-3,11H2,1H3. The van der Waals surface area contributed by atoms with Crippen molar-refractivity contribution in [3.05, 3.63) is 23.0 Å². The third kappa shape index (κ3) is 1.36.